The van der Waals surface area contributed by atoms with Gasteiger partial charge in [-0.3, -0.25) is 0 Å². The van der Waals surface area contributed by atoms with Crippen LogP contribution in [0.5, 0.6) is 5.75 Å². The maximum Gasteiger partial charge on any atom is 0.225 e. The molecule has 0 radical (unpaired) electrons. The third-order valence-corrected chi connectivity index (χ3v) is 5.00. The lowest BCUT2D eigenvalue weighted by Gasteiger charge is -2.17. The second-order valence-electron chi connectivity index (χ2n) is 7.14. The van der Waals surface area contributed by atoms with Crippen LogP contribution in [-0.4, -0.2) is 58.6 Å². The molecule has 1 aromatic carbocycles. The topological polar surface area (TPSA) is 70.2 Å². The molecule has 0 spiro atoms. The van der Waals surface area contributed by atoms with E-state index in [0.29, 0.717) is 0 Å². The molecule has 1 N–H and O–H groups in total. The summed E-state index contributed by atoms with van der Waals surface area (Å²) in [6.45, 7) is 3.88. The minimum absolute atomic E-state index is 0.828. The van der Waals surface area contributed by atoms with Crippen molar-refractivity contribution in [1.82, 2.24) is 24.8 Å². The molecule has 27 heavy (non-hydrogen) atoms. The second kappa shape index (κ2) is 7.92. The van der Waals surface area contributed by atoms with Crippen LogP contribution >= 0.6 is 0 Å². The Morgan fingerprint density at radius 3 is 2.70 bits per heavy atom. The molecule has 1 fully saturated rings. The lowest BCUT2D eigenvalue weighted by Crippen LogP contribution is -2.23. The van der Waals surface area contributed by atoms with Gasteiger partial charge in [0.1, 0.15) is 11.6 Å². The molecule has 4 rings (SSSR count). The molecule has 7 nitrogen and oxygen atoms in total. The molecule has 2 aromatic heterocycles. The van der Waals surface area contributed by atoms with E-state index in [2.05, 4.69) is 36.8 Å². The summed E-state index contributed by atoms with van der Waals surface area (Å²) in [5.41, 5.74) is 3.12. The van der Waals surface area contributed by atoms with Crippen LogP contribution in [-0.2, 0) is 13.0 Å². The summed E-state index contributed by atoms with van der Waals surface area (Å²) in [4.78, 5) is 21.6. The van der Waals surface area contributed by atoms with Gasteiger partial charge >= 0.3 is 0 Å². The zero-order chi connectivity index (χ0) is 18.6. The predicted octanol–water partition coefficient (Wildman–Crippen LogP) is 2.64. The number of ether oxygens (including phenoxy) is 1. The van der Waals surface area contributed by atoms with Crippen LogP contribution in [0.2, 0.25) is 0 Å². The van der Waals surface area contributed by atoms with Gasteiger partial charge in [-0.15, -0.1) is 0 Å². The first-order valence-electron chi connectivity index (χ1n) is 9.48. The number of imidazole rings is 1. The van der Waals surface area contributed by atoms with E-state index in [9.17, 15) is 0 Å². The van der Waals surface area contributed by atoms with Crippen LogP contribution in [0.3, 0.4) is 0 Å². The standard InChI is InChI=1S/C20H26N6O/c1-25(14-15-12-21-20(22-13-15)26-8-3-4-9-26)10-7-19-23-17-6-5-16(27-2)11-18(17)24-19/h5-6,11-13H,3-4,7-10,14H2,1-2H3,(H,23,24). The van der Waals surface area contributed by atoms with Crippen LogP contribution in [0.15, 0.2) is 30.6 Å². The summed E-state index contributed by atoms with van der Waals surface area (Å²) < 4.78 is 5.27. The highest BCUT2D eigenvalue weighted by molar-refractivity contribution is 5.76. The Bertz CT molecular complexity index is 885. The average Bonchev–Trinajstić information content (AvgIpc) is 3.36. The monoisotopic (exact) mass is 366 g/mol. The summed E-state index contributed by atoms with van der Waals surface area (Å²) in [7, 11) is 3.79. The Morgan fingerprint density at radius 1 is 1.19 bits per heavy atom. The molecule has 0 bridgehead atoms. The van der Waals surface area contributed by atoms with E-state index in [1.54, 1.807) is 7.11 Å². The van der Waals surface area contributed by atoms with Crippen molar-refractivity contribution in [3.63, 3.8) is 0 Å². The third kappa shape index (κ3) is 4.19. The number of benzene rings is 1. The summed E-state index contributed by atoms with van der Waals surface area (Å²) in [6, 6.07) is 5.90. The highest BCUT2D eigenvalue weighted by atomic mass is 16.5. The van der Waals surface area contributed by atoms with Gasteiger partial charge in [-0.1, -0.05) is 0 Å². The molecule has 7 heteroatoms. The van der Waals surface area contributed by atoms with E-state index >= 15 is 0 Å². The van der Waals surface area contributed by atoms with Crippen LogP contribution in [0.25, 0.3) is 11.0 Å². The molecule has 0 unspecified atom stereocenters. The van der Waals surface area contributed by atoms with E-state index in [1.165, 1.54) is 12.8 Å². The van der Waals surface area contributed by atoms with Crippen molar-refractivity contribution in [3.8, 4) is 5.75 Å². The Hall–Kier alpha value is -2.67. The van der Waals surface area contributed by atoms with Crippen molar-refractivity contribution >= 4 is 17.0 Å². The fourth-order valence-electron chi connectivity index (χ4n) is 3.48. The van der Waals surface area contributed by atoms with Gasteiger partial charge in [-0.2, -0.15) is 0 Å². The number of H-pyrrole nitrogens is 1. The molecule has 142 valence electrons. The maximum atomic E-state index is 5.27. The molecule has 0 aliphatic carbocycles. The number of anilines is 1. The number of nitrogens with one attached hydrogen (secondary N) is 1. The third-order valence-electron chi connectivity index (χ3n) is 5.00. The minimum Gasteiger partial charge on any atom is -0.497 e. The van der Waals surface area contributed by atoms with Gasteiger partial charge in [0.2, 0.25) is 5.95 Å². The van der Waals surface area contributed by atoms with E-state index in [1.807, 2.05) is 30.6 Å². The van der Waals surface area contributed by atoms with Crippen LogP contribution < -0.4 is 9.64 Å². The lowest BCUT2D eigenvalue weighted by atomic mass is 10.3. The zero-order valence-electron chi connectivity index (χ0n) is 16.0. The van der Waals surface area contributed by atoms with Gasteiger partial charge in [-0.25, -0.2) is 15.0 Å². The Balaban J connectivity index is 1.32. The number of aromatic nitrogens is 4. The number of fused-ring (bicyclic) bond motifs is 1. The molecule has 3 heterocycles. The first-order chi connectivity index (χ1) is 13.2. The molecule has 1 aliphatic heterocycles. The molecule has 0 saturated carbocycles. The molecular formula is C20H26N6O. The maximum absolute atomic E-state index is 5.27. The molecular weight excluding hydrogens is 340 g/mol. The number of hydrogen-bond acceptors (Lipinski definition) is 6. The summed E-state index contributed by atoms with van der Waals surface area (Å²) >= 11 is 0. The Kier molecular flexibility index (Phi) is 5.20. The van der Waals surface area contributed by atoms with E-state index in [4.69, 9.17) is 4.74 Å². The molecule has 0 amide bonds. The van der Waals surface area contributed by atoms with E-state index in [0.717, 1.165) is 66.7 Å². The SMILES string of the molecule is COc1ccc2nc(CCN(C)Cc3cnc(N4CCCC4)nc3)[nH]c2c1. The fraction of sp³-hybridized carbons (Fsp3) is 0.450. The fourth-order valence-corrected chi connectivity index (χ4v) is 3.48. The average molecular weight is 366 g/mol. The van der Waals surface area contributed by atoms with Gasteiger partial charge < -0.3 is 19.5 Å². The van der Waals surface area contributed by atoms with Crippen LogP contribution in [0.4, 0.5) is 5.95 Å². The normalized spacial score (nSPS) is 14.4. The molecule has 1 saturated heterocycles. The largest absolute Gasteiger partial charge is 0.497 e. The van der Waals surface area contributed by atoms with Gasteiger partial charge in [-0.05, 0) is 32.0 Å². The quantitative estimate of drug-likeness (QED) is 0.693. The number of aromatic amines is 1. The van der Waals surface area contributed by atoms with Crippen molar-refractivity contribution < 1.29 is 4.74 Å². The second-order valence-corrected chi connectivity index (χ2v) is 7.14. The predicted molar refractivity (Wildman–Crippen MR) is 106 cm³/mol. The summed E-state index contributed by atoms with van der Waals surface area (Å²) in [6.07, 6.45) is 7.24. The van der Waals surface area contributed by atoms with Gasteiger partial charge in [0.25, 0.3) is 0 Å². The van der Waals surface area contributed by atoms with Crippen molar-refractivity contribution in [2.24, 2.45) is 0 Å². The first-order valence-corrected chi connectivity index (χ1v) is 9.48. The van der Waals surface area contributed by atoms with E-state index in [-0.39, 0.29) is 0 Å². The van der Waals surface area contributed by atoms with Crippen LogP contribution in [0, 0.1) is 0 Å². The summed E-state index contributed by atoms with van der Waals surface area (Å²) in [5.74, 6) is 2.69. The molecule has 1 aliphatic rings. The Morgan fingerprint density at radius 2 is 1.96 bits per heavy atom. The van der Waals surface area contributed by atoms with Crippen LogP contribution in [0.1, 0.15) is 24.2 Å². The number of methoxy groups -OCH3 is 1. The number of hydrogen-bond donors (Lipinski definition) is 1. The zero-order valence-corrected chi connectivity index (χ0v) is 16.0. The van der Waals surface area contributed by atoms with Crippen molar-refractivity contribution in [1.29, 1.82) is 0 Å². The lowest BCUT2D eigenvalue weighted by molar-refractivity contribution is 0.328. The summed E-state index contributed by atoms with van der Waals surface area (Å²) in [5, 5.41) is 0. The van der Waals surface area contributed by atoms with Crippen molar-refractivity contribution in [2.45, 2.75) is 25.8 Å². The van der Waals surface area contributed by atoms with Gasteiger partial charge in [0.15, 0.2) is 0 Å². The van der Waals surface area contributed by atoms with Gasteiger partial charge in [0, 0.05) is 56.6 Å². The minimum atomic E-state index is 0.828. The number of rotatable bonds is 7. The highest BCUT2D eigenvalue weighted by Crippen LogP contribution is 2.19. The van der Waals surface area contributed by atoms with E-state index < -0.39 is 0 Å². The van der Waals surface area contributed by atoms with Gasteiger partial charge in [0.05, 0.1) is 18.1 Å². The first kappa shape index (κ1) is 17.7. The van der Waals surface area contributed by atoms with Crippen molar-refractivity contribution in [3.05, 3.63) is 42.0 Å². The Labute approximate surface area is 159 Å². The smallest absolute Gasteiger partial charge is 0.225 e. The number of nitrogens with zero attached hydrogens (tertiary/aromatic N) is 5. The molecule has 3 aromatic rings. The van der Waals surface area contributed by atoms with Crippen molar-refractivity contribution in [2.75, 3.05) is 38.7 Å². The number of likely N-dealkylation sites (N-methyl/N-ethyl adjacent to an activating group) is 1. The highest BCUT2D eigenvalue weighted by Gasteiger charge is 2.14. The molecule has 0 atom stereocenters.